The predicted molar refractivity (Wildman–Crippen MR) is 92.2 cm³/mol. The quantitative estimate of drug-likeness (QED) is 0.864. The van der Waals surface area contributed by atoms with Crippen molar-refractivity contribution in [1.29, 1.82) is 5.26 Å². The molecule has 1 aromatic carbocycles. The van der Waals surface area contributed by atoms with Crippen LogP contribution in [0.15, 0.2) is 24.3 Å². The summed E-state index contributed by atoms with van der Waals surface area (Å²) < 4.78 is 19.6. The van der Waals surface area contributed by atoms with Gasteiger partial charge in [-0.3, -0.25) is 0 Å². The van der Waals surface area contributed by atoms with Crippen molar-refractivity contribution in [3.8, 4) is 17.3 Å². The molecule has 0 radical (unpaired) electrons. The van der Waals surface area contributed by atoms with E-state index >= 15 is 0 Å². The molecule has 2 atom stereocenters. The zero-order chi connectivity index (χ0) is 18.0. The number of halogens is 1. The third-order valence-electron chi connectivity index (χ3n) is 4.18. The molecule has 1 aliphatic rings. The first kappa shape index (κ1) is 17.1. The molecule has 1 fully saturated rings. The zero-order valence-electron chi connectivity index (χ0n) is 13.8. The Morgan fingerprint density at radius 3 is 2.88 bits per heavy atom. The highest BCUT2D eigenvalue weighted by atomic mass is 19.1. The van der Waals surface area contributed by atoms with Crippen LogP contribution >= 0.6 is 0 Å². The number of nitrogen functional groups attached to an aromatic ring is 1. The van der Waals surface area contributed by atoms with Crippen LogP contribution < -0.4 is 16.4 Å². The van der Waals surface area contributed by atoms with E-state index in [1.165, 1.54) is 12.1 Å². The molecule has 8 heteroatoms. The number of nitrogens with two attached hydrogens (primary N) is 2. The van der Waals surface area contributed by atoms with Gasteiger partial charge in [-0.1, -0.05) is 6.07 Å². The highest BCUT2D eigenvalue weighted by molar-refractivity contribution is 5.65. The summed E-state index contributed by atoms with van der Waals surface area (Å²) in [4.78, 5) is 10.6. The molecular formula is C17H19FN6O. The van der Waals surface area contributed by atoms with Crippen LogP contribution in [0.4, 0.5) is 16.2 Å². The van der Waals surface area contributed by atoms with Crippen LogP contribution in [0, 0.1) is 17.1 Å². The standard InChI is InChI=1S/C17H19FN6O/c1-10-9-25-13(7-20)8-24(10)16-5-15(22-17(21)23-16)11-2-3-12(6-19)14(18)4-11/h2-5,10,13H,7-9,20H2,1H3,(H2,21,22,23). The van der Waals surface area contributed by atoms with Crippen LogP contribution in [0.1, 0.15) is 12.5 Å². The molecule has 0 saturated carbocycles. The molecular weight excluding hydrogens is 323 g/mol. The summed E-state index contributed by atoms with van der Waals surface area (Å²) >= 11 is 0. The maximum Gasteiger partial charge on any atom is 0.222 e. The van der Waals surface area contributed by atoms with Crippen molar-refractivity contribution in [1.82, 2.24) is 9.97 Å². The fourth-order valence-electron chi connectivity index (χ4n) is 2.79. The number of hydrogen-bond donors (Lipinski definition) is 2. The van der Waals surface area contributed by atoms with E-state index in [0.29, 0.717) is 36.8 Å². The lowest BCUT2D eigenvalue weighted by molar-refractivity contribution is 0.0280. The second kappa shape index (κ2) is 7.01. The minimum atomic E-state index is -0.596. The van der Waals surface area contributed by atoms with Crippen molar-refractivity contribution >= 4 is 11.8 Å². The second-order valence-corrected chi connectivity index (χ2v) is 5.97. The summed E-state index contributed by atoms with van der Waals surface area (Å²) in [5.41, 5.74) is 12.6. The van der Waals surface area contributed by atoms with Crippen LogP contribution in [0.5, 0.6) is 0 Å². The predicted octanol–water partition coefficient (Wildman–Crippen LogP) is 1.29. The Hall–Kier alpha value is -2.76. The summed E-state index contributed by atoms with van der Waals surface area (Å²) in [6, 6.07) is 7.99. The van der Waals surface area contributed by atoms with Gasteiger partial charge in [0.05, 0.1) is 30.0 Å². The molecule has 3 rings (SSSR count). The monoisotopic (exact) mass is 342 g/mol. The number of nitriles is 1. The topological polar surface area (TPSA) is 114 Å². The Kier molecular flexibility index (Phi) is 4.79. The Morgan fingerprint density at radius 1 is 1.40 bits per heavy atom. The van der Waals surface area contributed by atoms with Gasteiger partial charge in [-0.2, -0.15) is 10.2 Å². The van der Waals surface area contributed by atoms with Gasteiger partial charge in [0.25, 0.3) is 0 Å². The van der Waals surface area contributed by atoms with Crippen molar-refractivity contribution < 1.29 is 9.13 Å². The van der Waals surface area contributed by atoms with E-state index in [-0.39, 0.29) is 23.7 Å². The maximum atomic E-state index is 13.9. The first-order valence-electron chi connectivity index (χ1n) is 7.94. The SMILES string of the molecule is CC1COC(CN)CN1c1cc(-c2ccc(C#N)c(F)c2)nc(N)n1. The minimum Gasteiger partial charge on any atom is -0.373 e. The summed E-state index contributed by atoms with van der Waals surface area (Å²) in [6.45, 7) is 3.56. The fourth-order valence-corrected chi connectivity index (χ4v) is 2.79. The molecule has 1 aliphatic heterocycles. The van der Waals surface area contributed by atoms with Crippen molar-refractivity contribution in [2.45, 2.75) is 19.1 Å². The van der Waals surface area contributed by atoms with E-state index in [4.69, 9.17) is 21.5 Å². The third-order valence-corrected chi connectivity index (χ3v) is 4.18. The Balaban J connectivity index is 1.98. The number of hydrogen-bond acceptors (Lipinski definition) is 7. The molecule has 0 aliphatic carbocycles. The van der Waals surface area contributed by atoms with E-state index in [2.05, 4.69) is 14.9 Å². The van der Waals surface area contributed by atoms with Crippen molar-refractivity contribution in [3.05, 3.63) is 35.6 Å². The zero-order valence-corrected chi connectivity index (χ0v) is 13.8. The molecule has 2 aromatic rings. The summed E-state index contributed by atoms with van der Waals surface area (Å²) in [5.74, 6) is 0.142. The van der Waals surface area contributed by atoms with Crippen LogP contribution in [0.3, 0.4) is 0 Å². The van der Waals surface area contributed by atoms with Gasteiger partial charge in [-0.05, 0) is 19.1 Å². The number of nitrogens with zero attached hydrogens (tertiary/aromatic N) is 4. The molecule has 25 heavy (non-hydrogen) atoms. The number of morpholine rings is 1. The Labute approximate surface area is 145 Å². The molecule has 4 N–H and O–H groups in total. The van der Waals surface area contributed by atoms with Gasteiger partial charge in [0.15, 0.2) is 0 Å². The highest BCUT2D eigenvalue weighted by Gasteiger charge is 2.27. The van der Waals surface area contributed by atoms with Crippen molar-refractivity contribution in [3.63, 3.8) is 0 Å². The molecule has 1 saturated heterocycles. The third kappa shape index (κ3) is 3.52. The first-order valence-corrected chi connectivity index (χ1v) is 7.94. The molecule has 2 unspecified atom stereocenters. The van der Waals surface area contributed by atoms with E-state index in [0.717, 1.165) is 0 Å². The van der Waals surface area contributed by atoms with Gasteiger partial charge in [0.2, 0.25) is 5.95 Å². The lowest BCUT2D eigenvalue weighted by Gasteiger charge is -2.38. The second-order valence-electron chi connectivity index (χ2n) is 5.97. The van der Waals surface area contributed by atoms with E-state index in [1.54, 1.807) is 18.2 Å². The normalized spacial score (nSPS) is 20.3. The van der Waals surface area contributed by atoms with Crippen molar-refractivity contribution in [2.24, 2.45) is 5.73 Å². The van der Waals surface area contributed by atoms with Crippen LogP contribution in [-0.4, -0.2) is 41.8 Å². The molecule has 0 spiro atoms. The van der Waals surface area contributed by atoms with Crippen LogP contribution in [-0.2, 0) is 4.74 Å². The number of anilines is 2. The summed E-state index contributed by atoms with van der Waals surface area (Å²) in [6.07, 6.45) is -0.0804. The Bertz CT molecular complexity index is 821. The number of aromatic nitrogens is 2. The van der Waals surface area contributed by atoms with Gasteiger partial charge in [-0.15, -0.1) is 0 Å². The van der Waals surface area contributed by atoms with Crippen LogP contribution in [0.2, 0.25) is 0 Å². The molecule has 0 bridgehead atoms. The van der Waals surface area contributed by atoms with Gasteiger partial charge in [-0.25, -0.2) is 9.37 Å². The van der Waals surface area contributed by atoms with Gasteiger partial charge < -0.3 is 21.1 Å². The summed E-state index contributed by atoms with van der Waals surface area (Å²) in [5, 5.41) is 8.85. The van der Waals surface area contributed by atoms with Gasteiger partial charge in [0, 0.05) is 24.7 Å². The maximum absolute atomic E-state index is 13.9. The average molecular weight is 342 g/mol. The lowest BCUT2D eigenvalue weighted by Crippen LogP contribution is -2.51. The smallest absolute Gasteiger partial charge is 0.222 e. The lowest BCUT2D eigenvalue weighted by atomic mass is 10.1. The molecule has 0 amide bonds. The fraction of sp³-hybridized carbons (Fsp3) is 0.353. The summed E-state index contributed by atoms with van der Waals surface area (Å²) in [7, 11) is 0. The van der Waals surface area contributed by atoms with Crippen molar-refractivity contribution in [2.75, 3.05) is 30.3 Å². The number of ether oxygens (including phenoxy) is 1. The molecule has 130 valence electrons. The van der Waals surface area contributed by atoms with Crippen LogP contribution in [0.25, 0.3) is 11.3 Å². The minimum absolute atomic E-state index is 0.0152. The molecule has 1 aromatic heterocycles. The van der Waals surface area contributed by atoms with E-state index in [9.17, 15) is 4.39 Å². The van der Waals surface area contributed by atoms with Gasteiger partial charge in [0.1, 0.15) is 17.7 Å². The molecule has 7 nitrogen and oxygen atoms in total. The Morgan fingerprint density at radius 2 is 2.20 bits per heavy atom. The average Bonchev–Trinajstić information content (AvgIpc) is 2.61. The van der Waals surface area contributed by atoms with E-state index < -0.39 is 5.82 Å². The van der Waals surface area contributed by atoms with Gasteiger partial charge >= 0.3 is 0 Å². The highest BCUT2D eigenvalue weighted by Crippen LogP contribution is 2.27. The molecule has 2 heterocycles. The first-order chi connectivity index (χ1) is 12.0. The number of rotatable bonds is 3. The number of benzene rings is 1. The van der Waals surface area contributed by atoms with E-state index in [1.807, 2.05) is 6.92 Å². The largest absolute Gasteiger partial charge is 0.373 e.